The summed E-state index contributed by atoms with van der Waals surface area (Å²) in [6.45, 7) is 0. The van der Waals surface area contributed by atoms with Gasteiger partial charge in [-0.25, -0.2) is 8.78 Å². The molecule has 0 heterocycles. The number of hydrogen-bond acceptors (Lipinski definition) is 1. The summed E-state index contributed by atoms with van der Waals surface area (Å²) < 4.78 is 28.7. The third-order valence-electron chi connectivity index (χ3n) is 4.82. The molecule has 0 bridgehead atoms. The molecule has 0 amide bonds. The molecule has 3 heteroatoms. The molecule has 0 N–H and O–H groups in total. The fourth-order valence-corrected chi connectivity index (χ4v) is 3.31. The minimum Gasteiger partial charge on any atom is -0.340 e. The van der Waals surface area contributed by atoms with Gasteiger partial charge >= 0.3 is 0 Å². The third kappa shape index (κ3) is 3.52. The molecule has 4 aromatic carbocycles. The Kier molecular flexibility index (Phi) is 4.90. The molecular weight excluding hydrogens is 352 g/mol. The normalized spacial score (nSPS) is 10.7. The summed E-state index contributed by atoms with van der Waals surface area (Å²) in [5, 5.41) is 0. The lowest BCUT2D eigenvalue weighted by Crippen LogP contribution is -2.13. The maximum atomic E-state index is 14.5. The van der Waals surface area contributed by atoms with Crippen molar-refractivity contribution >= 4 is 11.4 Å². The van der Waals surface area contributed by atoms with E-state index in [2.05, 4.69) is 24.3 Å². The highest BCUT2D eigenvalue weighted by molar-refractivity contribution is 5.76. The topological polar surface area (TPSA) is 3.24 Å². The van der Waals surface area contributed by atoms with Crippen molar-refractivity contribution in [2.75, 3.05) is 11.9 Å². The fraction of sp³-hybridized carbons (Fsp3) is 0.0400. The van der Waals surface area contributed by atoms with E-state index in [0.29, 0.717) is 11.4 Å². The summed E-state index contributed by atoms with van der Waals surface area (Å²) in [4.78, 5) is 1.54. The highest BCUT2D eigenvalue weighted by atomic mass is 19.1. The number of hydrogen-bond donors (Lipinski definition) is 0. The van der Waals surface area contributed by atoms with Crippen LogP contribution in [0.15, 0.2) is 97.1 Å². The maximum Gasteiger partial charge on any atom is 0.146 e. The predicted octanol–water partition coefficient (Wildman–Crippen LogP) is 7.07. The predicted molar refractivity (Wildman–Crippen MR) is 112 cm³/mol. The Balaban J connectivity index is 1.75. The van der Waals surface area contributed by atoms with Crippen LogP contribution in [0.5, 0.6) is 0 Å². The summed E-state index contributed by atoms with van der Waals surface area (Å²) in [6, 6.07) is 29.5. The van der Waals surface area contributed by atoms with Crippen LogP contribution in [0.25, 0.3) is 22.3 Å². The van der Waals surface area contributed by atoms with Crippen molar-refractivity contribution < 1.29 is 8.78 Å². The van der Waals surface area contributed by atoms with Gasteiger partial charge in [-0.05, 0) is 52.6 Å². The fourth-order valence-electron chi connectivity index (χ4n) is 3.31. The van der Waals surface area contributed by atoms with Crippen LogP contribution in [0, 0.1) is 11.6 Å². The van der Waals surface area contributed by atoms with E-state index in [9.17, 15) is 8.78 Å². The monoisotopic (exact) mass is 371 g/mol. The van der Waals surface area contributed by atoms with Crippen LogP contribution in [0.4, 0.5) is 20.2 Å². The van der Waals surface area contributed by atoms with E-state index in [-0.39, 0.29) is 5.82 Å². The standard InChI is InChI=1S/C25H19F2N/c1-28(24-13-6-5-12-22(24)26)25-17-21(14-15-23(25)27)20-11-7-10-19(16-20)18-8-3-2-4-9-18/h2-17H,1H3. The summed E-state index contributed by atoms with van der Waals surface area (Å²) in [6.07, 6.45) is 0. The van der Waals surface area contributed by atoms with E-state index >= 15 is 0 Å². The van der Waals surface area contributed by atoms with Crippen molar-refractivity contribution in [2.24, 2.45) is 0 Å². The Morgan fingerprint density at radius 1 is 0.500 bits per heavy atom. The molecule has 28 heavy (non-hydrogen) atoms. The smallest absolute Gasteiger partial charge is 0.146 e. The number of para-hydroxylation sites is 1. The Morgan fingerprint density at radius 3 is 1.82 bits per heavy atom. The molecule has 0 aliphatic heterocycles. The molecule has 0 unspecified atom stereocenters. The highest BCUT2D eigenvalue weighted by Crippen LogP contribution is 2.33. The second kappa shape index (κ2) is 7.65. The number of nitrogens with zero attached hydrogens (tertiary/aromatic N) is 1. The van der Waals surface area contributed by atoms with Gasteiger partial charge in [0.05, 0.1) is 11.4 Å². The van der Waals surface area contributed by atoms with Crippen LogP contribution < -0.4 is 4.90 Å². The Morgan fingerprint density at radius 2 is 1.07 bits per heavy atom. The van der Waals surface area contributed by atoms with Crippen molar-refractivity contribution in [2.45, 2.75) is 0 Å². The van der Waals surface area contributed by atoms with Crippen LogP contribution in [0.1, 0.15) is 0 Å². The molecule has 4 rings (SSSR count). The minimum atomic E-state index is -0.395. The van der Waals surface area contributed by atoms with E-state index in [1.807, 2.05) is 30.3 Å². The molecular formula is C25H19F2N. The van der Waals surface area contributed by atoms with Crippen LogP contribution in [-0.2, 0) is 0 Å². The lowest BCUT2D eigenvalue weighted by molar-refractivity contribution is 0.617. The second-order valence-electron chi connectivity index (χ2n) is 6.62. The first-order valence-corrected chi connectivity index (χ1v) is 9.07. The molecule has 0 atom stereocenters. The average Bonchev–Trinajstić information content (AvgIpc) is 2.75. The van der Waals surface area contributed by atoms with Gasteiger partial charge in [0.1, 0.15) is 11.6 Å². The number of benzene rings is 4. The lowest BCUT2D eigenvalue weighted by Gasteiger charge is -2.21. The van der Waals surface area contributed by atoms with Crippen LogP contribution in [0.3, 0.4) is 0 Å². The third-order valence-corrected chi connectivity index (χ3v) is 4.82. The first-order chi connectivity index (χ1) is 13.6. The first-order valence-electron chi connectivity index (χ1n) is 9.07. The van der Waals surface area contributed by atoms with Crippen molar-refractivity contribution in [3.8, 4) is 22.3 Å². The zero-order valence-electron chi connectivity index (χ0n) is 15.4. The van der Waals surface area contributed by atoms with Gasteiger partial charge in [0.25, 0.3) is 0 Å². The molecule has 0 fully saturated rings. The first kappa shape index (κ1) is 17.9. The molecule has 0 saturated carbocycles. The minimum absolute atomic E-state index is 0.327. The SMILES string of the molecule is CN(c1ccccc1F)c1cc(-c2cccc(-c3ccccc3)c2)ccc1F. The van der Waals surface area contributed by atoms with Gasteiger partial charge in [0, 0.05) is 7.05 Å². The largest absolute Gasteiger partial charge is 0.340 e. The summed E-state index contributed by atoms with van der Waals surface area (Å²) in [5.41, 5.74) is 4.72. The number of rotatable bonds is 4. The number of halogens is 2. The average molecular weight is 371 g/mol. The lowest BCUT2D eigenvalue weighted by atomic mass is 9.98. The van der Waals surface area contributed by atoms with Crippen LogP contribution in [0.2, 0.25) is 0 Å². The van der Waals surface area contributed by atoms with Crippen molar-refractivity contribution in [1.29, 1.82) is 0 Å². The molecule has 4 aromatic rings. The van der Waals surface area contributed by atoms with Gasteiger partial charge in [-0.1, -0.05) is 66.7 Å². The molecule has 1 nitrogen and oxygen atoms in total. The van der Waals surface area contributed by atoms with Gasteiger partial charge in [0.15, 0.2) is 0 Å². The van der Waals surface area contributed by atoms with E-state index < -0.39 is 5.82 Å². The van der Waals surface area contributed by atoms with Gasteiger partial charge in [-0.15, -0.1) is 0 Å². The van der Waals surface area contributed by atoms with Gasteiger partial charge in [-0.2, -0.15) is 0 Å². The summed E-state index contributed by atoms with van der Waals surface area (Å²) in [7, 11) is 1.67. The van der Waals surface area contributed by atoms with E-state index in [1.54, 1.807) is 37.4 Å². The van der Waals surface area contributed by atoms with Crippen molar-refractivity contribution in [1.82, 2.24) is 0 Å². The van der Waals surface area contributed by atoms with Crippen molar-refractivity contribution in [3.05, 3.63) is 109 Å². The van der Waals surface area contributed by atoms with E-state index in [4.69, 9.17) is 0 Å². The zero-order valence-corrected chi connectivity index (χ0v) is 15.4. The molecule has 0 aromatic heterocycles. The molecule has 0 spiro atoms. The van der Waals surface area contributed by atoms with Gasteiger partial charge in [0.2, 0.25) is 0 Å². The molecule has 0 saturated heterocycles. The molecule has 0 aliphatic rings. The molecule has 138 valence electrons. The Labute approximate surface area is 163 Å². The van der Waals surface area contributed by atoms with E-state index in [1.165, 1.54) is 17.0 Å². The van der Waals surface area contributed by atoms with E-state index in [0.717, 1.165) is 22.3 Å². The molecule has 0 aliphatic carbocycles. The van der Waals surface area contributed by atoms with Gasteiger partial charge < -0.3 is 4.90 Å². The van der Waals surface area contributed by atoms with Gasteiger partial charge in [-0.3, -0.25) is 0 Å². The Hall–Kier alpha value is -3.46. The zero-order chi connectivity index (χ0) is 19.5. The molecule has 0 radical (unpaired) electrons. The summed E-state index contributed by atoms with van der Waals surface area (Å²) >= 11 is 0. The number of anilines is 2. The van der Waals surface area contributed by atoms with Crippen LogP contribution in [-0.4, -0.2) is 7.05 Å². The Bertz CT molecular complexity index is 1110. The van der Waals surface area contributed by atoms with Crippen LogP contribution >= 0.6 is 0 Å². The summed E-state index contributed by atoms with van der Waals surface area (Å²) in [5.74, 6) is -0.783. The second-order valence-corrected chi connectivity index (χ2v) is 6.62. The van der Waals surface area contributed by atoms with Crippen molar-refractivity contribution in [3.63, 3.8) is 0 Å². The highest BCUT2D eigenvalue weighted by Gasteiger charge is 2.14. The quantitative estimate of drug-likeness (QED) is 0.371. The maximum absolute atomic E-state index is 14.5.